The number of para-hydroxylation sites is 1. The van der Waals surface area contributed by atoms with E-state index in [1.165, 1.54) is 4.31 Å². The van der Waals surface area contributed by atoms with Crippen LogP contribution in [-0.2, 0) is 27.8 Å². The lowest BCUT2D eigenvalue weighted by molar-refractivity contribution is 0.0931. The number of guanidine groups is 1. The summed E-state index contributed by atoms with van der Waals surface area (Å²) in [5, 5.41) is 6.34. The minimum absolute atomic E-state index is 0. The Morgan fingerprint density at radius 3 is 2.59 bits per heavy atom. The summed E-state index contributed by atoms with van der Waals surface area (Å²) in [7, 11) is -1.70. The van der Waals surface area contributed by atoms with E-state index in [4.69, 9.17) is 4.74 Å². The van der Waals surface area contributed by atoms with Crippen LogP contribution in [0.2, 0.25) is 0 Å². The third-order valence-corrected chi connectivity index (χ3v) is 6.96. The first-order valence-corrected chi connectivity index (χ1v) is 12.2. The van der Waals surface area contributed by atoms with E-state index in [1.807, 2.05) is 54.6 Å². The van der Waals surface area contributed by atoms with Crippen LogP contribution in [0.1, 0.15) is 18.1 Å². The van der Waals surface area contributed by atoms with Crippen molar-refractivity contribution in [3.8, 4) is 0 Å². The predicted molar refractivity (Wildman–Crippen MR) is 141 cm³/mol. The summed E-state index contributed by atoms with van der Waals surface area (Å²) in [5.74, 6) is 0.886. The number of anilines is 1. The third-order valence-electron chi connectivity index (χ3n) is 5.19. The van der Waals surface area contributed by atoms with Gasteiger partial charge in [-0.2, -0.15) is 0 Å². The molecule has 1 heterocycles. The van der Waals surface area contributed by atoms with E-state index < -0.39 is 10.0 Å². The van der Waals surface area contributed by atoms with Crippen molar-refractivity contribution in [1.29, 1.82) is 0 Å². The standard InChI is InChI=1S/C23H32N4O3S.HI/c1-19(17-30-18-20-8-4-3-5-9-20)16-26-23(24-2)25-13-15-31(28,29)27-14-12-21-10-6-7-11-22(21)27;/h3-11,19H,12-18H2,1-2H3,(H2,24,25,26);1H. The molecule has 0 amide bonds. The highest BCUT2D eigenvalue weighted by atomic mass is 127. The molecule has 0 saturated heterocycles. The molecule has 0 fully saturated rings. The van der Waals surface area contributed by atoms with Crippen molar-refractivity contribution < 1.29 is 13.2 Å². The molecule has 7 nitrogen and oxygen atoms in total. The maximum atomic E-state index is 12.8. The van der Waals surface area contributed by atoms with Crippen LogP contribution >= 0.6 is 24.0 Å². The van der Waals surface area contributed by atoms with Crippen molar-refractivity contribution in [3.63, 3.8) is 0 Å². The second kappa shape index (κ2) is 13.0. The number of rotatable bonds is 10. The molecule has 1 aliphatic heterocycles. The fraction of sp³-hybridized carbons (Fsp3) is 0.435. The maximum absolute atomic E-state index is 12.8. The molecule has 32 heavy (non-hydrogen) atoms. The molecule has 2 aromatic carbocycles. The van der Waals surface area contributed by atoms with Crippen molar-refractivity contribution in [2.45, 2.75) is 20.0 Å². The zero-order valence-electron chi connectivity index (χ0n) is 18.7. The predicted octanol–water partition coefficient (Wildman–Crippen LogP) is 3.01. The van der Waals surface area contributed by atoms with Gasteiger partial charge in [0.05, 0.1) is 24.7 Å². The molecule has 0 bridgehead atoms. The monoisotopic (exact) mass is 572 g/mol. The van der Waals surface area contributed by atoms with Crippen molar-refractivity contribution in [1.82, 2.24) is 10.6 Å². The van der Waals surface area contributed by atoms with Crippen molar-refractivity contribution in [2.75, 3.05) is 43.3 Å². The number of fused-ring (bicyclic) bond motifs is 1. The molecule has 176 valence electrons. The summed E-state index contributed by atoms with van der Waals surface area (Å²) in [6.07, 6.45) is 0.760. The lowest BCUT2D eigenvalue weighted by Crippen LogP contribution is -2.43. The Balaban J connectivity index is 0.00000363. The molecule has 0 radical (unpaired) electrons. The van der Waals surface area contributed by atoms with Gasteiger partial charge in [-0.15, -0.1) is 24.0 Å². The molecule has 1 unspecified atom stereocenters. The fourth-order valence-corrected chi connectivity index (χ4v) is 4.94. The van der Waals surface area contributed by atoms with E-state index in [1.54, 1.807) is 7.05 Å². The molecular weight excluding hydrogens is 539 g/mol. The van der Waals surface area contributed by atoms with Crippen molar-refractivity contribution in [3.05, 3.63) is 65.7 Å². The van der Waals surface area contributed by atoms with Gasteiger partial charge in [0.1, 0.15) is 0 Å². The first kappa shape index (κ1) is 26.4. The van der Waals surface area contributed by atoms with E-state index in [0.29, 0.717) is 38.8 Å². The quantitative estimate of drug-likeness (QED) is 0.260. The number of sulfonamides is 1. The van der Waals surface area contributed by atoms with E-state index in [2.05, 4.69) is 22.5 Å². The van der Waals surface area contributed by atoms with Gasteiger partial charge in [0.15, 0.2) is 5.96 Å². The highest BCUT2D eigenvalue weighted by Gasteiger charge is 2.28. The Hall–Kier alpha value is -1.85. The Labute approximate surface area is 208 Å². The third kappa shape index (κ3) is 7.63. The van der Waals surface area contributed by atoms with Gasteiger partial charge in [-0.1, -0.05) is 55.5 Å². The van der Waals surface area contributed by atoms with Gasteiger partial charge in [-0.25, -0.2) is 8.42 Å². The fourth-order valence-electron chi connectivity index (χ4n) is 3.51. The summed E-state index contributed by atoms with van der Waals surface area (Å²) < 4.78 is 32.8. The first-order chi connectivity index (χ1) is 15.0. The van der Waals surface area contributed by atoms with Gasteiger partial charge in [-0.05, 0) is 29.5 Å². The lowest BCUT2D eigenvalue weighted by Gasteiger charge is -2.20. The van der Waals surface area contributed by atoms with Gasteiger partial charge >= 0.3 is 0 Å². The number of nitrogens with zero attached hydrogens (tertiary/aromatic N) is 2. The van der Waals surface area contributed by atoms with Gasteiger partial charge in [0, 0.05) is 26.7 Å². The summed E-state index contributed by atoms with van der Waals surface area (Å²) in [6.45, 7) is 4.80. The number of benzene rings is 2. The Bertz CT molecular complexity index is 970. The van der Waals surface area contributed by atoms with Crippen molar-refractivity contribution in [2.24, 2.45) is 10.9 Å². The number of hydrogen-bond donors (Lipinski definition) is 2. The summed E-state index contributed by atoms with van der Waals surface area (Å²) >= 11 is 0. The second-order valence-corrected chi connectivity index (χ2v) is 9.77. The molecule has 0 spiro atoms. The number of aliphatic imine (C=N–C) groups is 1. The van der Waals surface area contributed by atoms with Crippen LogP contribution in [0.4, 0.5) is 5.69 Å². The van der Waals surface area contributed by atoms with Crippen LogP contribution in [0, 0.1) is 5.92 Å². The molecule has 1 atom stereocenters. The summed E-state index contributed by atoms with van der Waals surface area (Å²) in [5.41, 5.74) is 3.04. The van der Waals surface area contributed by atoms with E-state index in [0.717, 1.165) is 23.2 Å². The average molecular weight is 573 g/mol. The first-order valence-electron chi connectivity index (χ1n) is 10.6. The SMILES string of the molecule is CN=C(NCCS(=O)(=O)N1CCc2ccccc21)NCC(C)COCc1ccccc1.I. The van der Waals surface area contributed by atoms with Crippen molar-refractivity contribution >= 4 is 45.6 Å². The number of nitrogens with one attached hydrogen (secondary N) is 2. The number of halogens is 1. The largest absolute Gasteiger partial charge is 0.376 e. The minimum atomic E-state index is -3.38. The molecular formula is C23H33IN4O3S. The highest BCUT2D eigenvalue weighted by molar-refractivity contribution is 14.0. The topological polar surface area (TPSA) is 83.0 Å². The van der Waals surface area contributed by atoms with Crippen LogP contribution in [0.25, 0.3) is 0 Å². The van der Waals surface area contributed by atoms with E-state index in [9.17, 15) is 8.42 Å². The zero-order chi connectivity index (χ0) is 22.1. The van der Waals surface area contributed by atoms with Crippen LogP contribution in [-0.4, -0.2) is 53.4 Å². The molecule has 0 aliphatic carbocycles. The van der Waals surface area contributed by atoms with Crippen LogP contribution in [0.15, 0.2) is 59.6 Å². The molecule has 9 heteroatoms. The smallest absolute Gasteiger partial charge is 0.236 e. The molecule has 2 N–H and O–H groups in total. The molecule has 1 aliphatic rings. The van der Waals surface area contributed by atoms with Gasteiger partial charge in [0.2, 0.25) is 10.0 Å². The molecule has 0 saturated carbocycles. The average Bonchev–Trinajstić information content (AvgIpc) is 3.22. The maximum Gasteiger partial charge on any atom is 0.236 e. The summed E-state index contributed by atoms with van der Waals surface area (Å²) in [4.78, 5) is 4.19. The van der Waals surface area contributed by atoms with Gasteiger partial charge in [-0.3, -0.25) is 9.30 Å². The Morgan fingerprint density at radius 1 is 1.12 bits per heavy atom. The van der Waals surface area contributed by atoms with Crippen LogP contribution in [0.3, 0.4) is 0 Å². The normalized spacial score (nSPS) is 14.4. The van der Waals surface area contributed by atoms with Gasteiger partial charge in [0.25, 0.3) is 0 Å². The van der Waals surface area contributed by atoms with E-state index >= 15 is 0 Å². The van der Waals surface area contributed by atoms with E-state index in [-0.39, 0.29) is 35.6 Å². The molecule has 3 rings (SSSR count). The van der Waals surface area contributed by atoms with Crippen LogP contribution < -0.4 is 14.9 Å². The van der Waals surface area contributed by atoms with Gasteiger partial charge < -0.3 is 15.4 Å². The Morgan fingerprint density at radius 2 is 1.84 bits per heavy atom. The lowest BCUT2D eigenvalue weighted by atomic mass is 10.2. The number of hydrogen-bond acceptors (Lipinski definition) is 4. The molecule has 0 aromatic heterocycles. The zero-order valence-corrected chi connectivity index (χ0v) is 21.8. The summed E-state index contributed by atoms with van der Waals surface area (Å²) in [6, 6.07) is 17.8. The minimum Gasteiger partial charge on any atom is -0.376 e. The van der Waals surface area contributed by atoms with Crippen LogP contribution in [0.5, 0.6) is 0 Å². The highest BCUT2D eigenvalue weighted by Crippen LogP contribution is 2.29. The second-order valence-electron chi connectivity index (χ2n) is 7.75. The number of ether oxygens (including phenoxy) is 1. The molecule has 2 aromatic rings. The Kier molecular flexibility index (Phi) is 10.7.